The first-order chi connectivity index (χ1) is 18.6. The minimum Gasteiger partial charge on any atom is -0.460 e. The molecule has 40 heavy (non-hydrogen) atoms. The number of allylic oxidation sites excluding steroid dienone is 2. The number of ether oxygens (including phenoxy) is 3. The third-order valence-corrected chi connectivity index (χ3v) is 7.05. The molecule has 2 aromatic rings. The number of rotatable bonds is 7. The second-order valence-corrected chi connectivity index (χ2v) is 11.4. The van der Waals surface area contributed by atoms with Gasteiger partial charge in [0.05, 0.1) is 23.7 Å². The number of nitrogens with zero attached hydrogens (tertiary/aromatic N) is 1. The SMILES string of the molecule is C=C(OC1=CC(C)(C)C(C(N)=Nc2ccc(C(=O)Nc3ccc(N)c(N)c3)cc2C)C(C)=C1)C1COC(C)(C)O1. The minimum absolute atomic E-state index is 0.156. The van der Waals surface area contributed by atoms with Crippen molar-refractivity contribution in [1.82, 2.24) is 0 Å². The predicted octanol–water partition coefficient (Wildman–Crippen LogP) is 5.57. The molecule has 0 radical (unpaired) electrons. The van der Waals surface area contributed by atoms with Gasteiger partial charge in [0.25, 0.3) is 5.91 Å². The van der Waals surface area contributed by atoms with Crippen LogP contribution in [0.5, 0.6) is 0 Å². The highest BCUT2D eigenvalue weighted by Crippen LogP contribution is 2.41. The molecular formula is C31H39N5O4. The Bertz CT molecular complexity index is 1440. The molecule has 0 bridgehead atoms. The van der Waals surface area contributed by atoms with Crippen LogP contribution < -0.4 is 22.5 Å². The van der Waals surface area contributed by atoms with Crippen LogP contribution in [0.2, 0.25) is 0 Å². The van der Waals surface area contributed by atoms with Crippen LogP contribution in [0.4, 0.5) is 22.7 Å². The molecule has 9 nitrogen and oxygen atoms in total. The summed E-state index contributed by atoms with van der Waals surface area (Å²) in [6, 6.07) is 10.3. The van der Waals surface area contributed by atoms with E-state index in [-0.39, 0.29) is 23.3 Å². The van der Waals surface area contributed by atoms with Crippen molar-refractivity contribution in [1.29, 1.82) is 0 Å². The normalized spacial score (nSPS) is 21.8. The average molecular weight is 546 g/mol. The largest absolute Gasteiger partial charge is 0.460 e. The van der Waals surface area contributed by atoms with Crippen LogP contribution in [0.3, 0.4) is 0 Å². The van der Waals surface area contributed by atoms with E-state index in [1.165, 1.54) is 0 Å². The number of amides is 1. The number of hydrogen-bond donors (Lipinski definition) is 4. The summed E-state index contributed by atoms with van der Waals surface area (Å²) in [7, 11) is 0. The number of carbonyl (C=O) groups excluding carboxylic acids is 1. The zero-order valence-electron chi connectivity index (χ0n) is 24.0. The van der Waals surface area contributed by atoms with E-state index in [4.69, 9.17) is 36.4 Å². The molecule has 2 aromatic carbocycles. The topological polar surface area (TPSA) is 147 Å². The Morgan fingerprint density at radius 2 is 1.82 bits per heavy atom. The predicted molar refractivity (Wildman–Crippen MR) is 160 cm³/mol. The molecule has 212 valence electrons. The Balaban J connectivity index is 1.47. The fourth-order valence-corrected chi connectivity index (χ4v) is 5.10. The summed E-state index contributed by atoms with van der Waals surface area (Å²) in [6.07, 6.45) is 3.65. The van der Waals surface area contributed by atoms with E-state index in [0.29, 0.717) is 52.3 Å². The van der Waals surface area contributed by atoms with Crippen molar-refractivity contribution in [3.05, 3.63) is 83.3 Å². The number of nitrogen functional groups attached to an aromatic ring is 2. The Labute approximate surface area is 235 Å². The maximum Gasteiger partial charge on any atom is 0.255 e. The lowest BCUT2D eigenvalue weighted by molar-refractivity contribution is -0.137. The van der Waals surface area contributed by atoms with Crippen LogP contribution in [0.15, 0.2) is 77.2 Å². The molecule has 0 aromatic heterocycles. The van der Waals surface area contributed by atoms with Crippen molar-refractivity contribution in [3.8, 4) is 0 Å². The third kappa shape index (κ3) is 6.38. The van der Waals surface area contributed by atoms with Crippen LogP contribution in [-0.4, -0.2) is 30.2 Å². The second-order valence-electron chi connectivity index (χ2n) is 11.4. The standard InChI is InChI=1S/C31H39N5O4/c1-17-12-20(29(37)35-21-9-10-23(32)24(33)14-21)8-11-25(17)36-28(34)27-18(2)13-22(15-30(27,4)5)39-19(3)26-16-38-31(6,7)40-26/h8-15,26-27H,3,16,32-33H2,1-2,4-7H3,(H2,34,36)(H,35,37). The fourth-order valence-electron chi connectivity index (χ4n) is 5.10. The number of amidine groups is 1. The molecule has 2 aliphatic rings. The lowest BCUT2D eigenvalue weighted by Gasteiger charge is -2.36. The van der Waals surface area contributed by atoms with Gasteiger partial charge in [0.2, 0.25) is 0 Å². The van der Waals surface area contributed by atoms with Crippen molar-refractivity contribution in [2.75, 3.05) is 23.4 Å². The third-order valence-electron chi connectivity index (χ3n) is 7.05. The molecule has 1 fully saturated rings. The van der Waals surface area contributed by atoms with Crippen molar-refractivity contribution in [3.63, 3.8) is 0 Å². The van der Waals surface area contributed by atoms with Crippen LogP contribution in [-0.2, 0) is 14.2 Å². The molecule has 1 saturated heterocycles. The lowest BCUT2D eigenvalue weighted by atomic mass is 9.71. The zero-order chi connectivity index (χ0) is 29.4. The Kier molecular flexibility index (Phi) is 7.83. The highest BCUT2D eigenvalue weighted by Gasteiger charge is 2.38. The van der Waals surface area contributed by atoms with Gasteiger partial charge < -0.3 is 36.7 Å². The van der Waals surface area contributed by atoms with E-state index in [2.05, 4.69) is 25.7 Å². The van der Waals surface area contributed by atoms with E-state index in [9.17, 15) is 4.79 Å². The number of anilines is 3. The van der Waals surface area contributed by atoms with Crippen molar-refractivity contribution >= 4 is 34.5 Å². The molecule has 2 atom stereocenters. The van der Waals surface area contributed by atoms with E-state index in [0.717, 1.165) is 11.1 Å². The summed E-state index contributed by atoms with van der Waals surface area (Å²) in [5, 5.41) is 2.84. The number of aliphatic imine (C=N–C) groups is 1. The maximum absolute atomic E-state index is 12.8. The number of benzene rings is 2. The van der Waals surface area contributed by atoms with Gasteiger partial charge in [0.15, 0.2) is 5.79 Å². The van der Waals surface area contributed by atoms with Gasteiger partial charge in [-0.15, -0.1) is 0 Å². The fraction of sp³-hybridized carbons (Fsp3) is 0.355. The number of hydrogen-bond acceptors (Lipinski definition) is 7. The lowest BCUT2D eigenvalue weighted by Crippen LogP contribution is -2.37. The van der Waals surface area contributed by atoms with Crippen LogP contribution in [0, 0.1) is 18.3 Å². The van der Waals surface area contributed by atoms with Crippen molar-refractivity contribution < 1.29 is 19.0 Å². The smallest absolute Gasteiger partial charge is 0.255 e. The molecule has 1 aliphatic carbocycles. The molecule has 7 N–H and O–H groups in total. The zero-order valence-corrected chi connectivity index (χ0v) is 24.0. The molecule has 4 rings (SSSR count). The van der Waals surface area contributed by atoms with Gasteiger partial charge in [0.1, 0.15) is 23.5 Å². The summed E-state index contributed by atoms with van der Waals surface area (Å²) < 4.78 is 17.6. The van der Waals surface area contributed by atoms with Crippen LogP contribution in [0.1, 0.15) is 50.5 Å². The number of carbonyl (C=O) groups is 1. The van der Waals surface area contributed by atoms with E-state index >= 15 is 0 Å². The van der Waals surface area contributed by atoms with Crippen molar-refractivity contribution in [2.45, 2.75) is 53.4 Å². The van der Waals surface area contributed by atoms with E-state index < -0.39 is 5.79 Å². The van der Waals surface area contributed by atoms with Crippen LogP contribution >= 0.6 is 0 Å². The highest BCUT2D eigenvalue weighted by molar-refractivity contribution is 6.05. The maximum atomic E-state index is 12.8. The van der Waals surface area contributed by atoms with E-state index in [1.54, 1.807) is 36.4 Å². The summed E-state index contributed by atoms with van der Waals surface area (Å²) in [4.78, 5) is 17.6. The molecule has 2 unspecified atom stereocenters. The average Bonchev–Trinajstić information content (AvgIpc) is 3.21. The quantitative estimate of drug-likeness (QED) is 0.154. The van der Waals surface area contributed by atoms with Crippen LogP contribution in [0.25, 0.3) is 0 Å². The first-order valence-electron chi connectivity index (χ1n) is 13.2. The van der Waals surface area contributed by atoms with Gasteiger partial charge in [-0.25, -0.2) is 4.99 Å². The van der Waals surface area contributed by atoms with Gasteiger partial charge in [-0.1, -0.05) is 26.0 Å². The molecule has 1 heterocycles. The van der Waals surface area contributed by atoms with Gasteiger partial charge in [-0.2, -0.15) is 0 Å². The monoisotopic (exact) mass is 545 g/mol. The second kappa shape index (κ2) is 10.8. The summed E-state index contributed by atoms with van der Waals surface area (Å²) in [5.41, 5.74) is 22.3. The summed E-state index contributed by atoms with van der Waals surface area (Å²) in [5.74, 6) is 0.567. The highest BCUT2D eigenvalue weighted by atomic mass is 16.7. The molecule has 9 heteroatoms. The molecular weight excluding hydrogens is 506 g/mol. The van der Waals surface area contributed by atoms with Gasteiger partial charge in [-0.05, 0) is 81.8 Å². The summed E-state index contributed by atoms with van der Waals surface area (Å²) >= 11 is 0. The number of nitrogens with two attached hydrogens (primary N) is 3. The first-order valence-corrected chi connectivity index (χ1v) is 13.2. The Morgan fingerprint density at radius 1 is 1.10 bits per heavy atom. The van der Waals surface area contributed by atoms with Crippen molar-refractivity contribution in [2.24, 2.45) is 22.1 Å². The Morgan fingerprint density at radius 3 is 2.42 bits per heavy atom. The van der Waals surface area contributed by atoms with Gasteiger partial charge in [-0.3, -0.25) is 4.79 Å². The Hall–Kier alpha value is -4.08. The summed E-state index contributed by atoms with van der Waals surface area (Å²) in [6.45, 7) is 16.3. The molecule has 1 aliphatic heterocycles. The number of aryl methyl sites for hydroxylation is 1. The van der Waals surface area contributed by atoms with Gasteiger partial charge >= 0.3 is 0 Å². The molecule has 1 amide bonds. The van der Waals surface area contributed by atoms with E-state index in [1.807, 2.05) is 39.8 Å². The first kappa shape index (κ1) is 28.9. The van der Waals surface area contributed by atoms with Gasteiger partial charge in [0, 0.05) is 22.6 Å². The minimum atomic E-state index is -0.662. The number of nitrogens with one attached hydrogen (secondary N) is 1. The molecule has 0 spiro atoms. The molecule has 0 saturated carbocycles.